The van der Waals surface area contributed by atoms with Crippen LogP contribution in [0.25, 0.3) is 0 Å². The maximum Gasteiger partial charge on any atom is 0.191 e. The van der Waals surface area contributed by atoms with Gasteiger partial charge in [-0.25, -0.2) is 0 Å². The lowest BCUT2D eigenvalue weighted by Gasteiger charge is -2.51. The van der Waals surface area contributed by atoms with Gasteiger partial charge in [-0.05, 0) is 33.1 Å². The molecule has 5 nitrogen and oxygen atoms in total. The first-order valence-electron chi connectivity index (χ1n) is 9.01. The molecule has 0 atom stereocenters. The molecule has 0 spiro atoms. The van der Waals surface area contributed by atoms with Gasteiger partial charge in [0.15, 0.2) is 5.96 Å². The monoisotopic (exact) mass is 436 g/mol. The van der Waals surface area contributed by atoms with Gasteiger partial charge in [-0.3, -0.25) is 9.89 Å². The largest absolute Gasteiger partial charge is 0.373 e. The van der Waals surface area contributed by atoms with Gasteiger partial charge in [0.1, 0.15) is 0 Å². The fourth-order valence-electron chi connectivity index (χ4n) is 4.14. The summed E-state index contributed by atoms with van der Waals surface area (Å²) in [4.78, 5) is 7.27. The lowest BCUT2D eigenvalue weighted by Crippen LogP contribution is -2.63. The topological polar surface area (TPSA) is 48.9 Å². The second kappa shape index (κ2) is 8.34. The molecular weight excluding hydrogens is 403 g/mol. The second-order valence-corrected chi connectivity index (χ2v) is 7.68. The average Bonchev–Trinajstić information content (AvgIpc) is 2.54. The van der Waals surface area contributed by atoms with Gasteiger partial charge in [0.05, 0.1) is 12.2 Å². The number of nitrogens with zero attached hydrogens (tertiary/aromatic N) is 2. The minimum absolute atomic E-state index is 0. The van der Waals surface area contributed by atoms with Crippen LogP contribution in [0.15, 0.2) is 4.99 Å². The minimum atomic E-state index is -0.0245. The first-order valence-corrected chi connectivity index (χ1v) is 9.01. The number of ether oxygens (including phenoxy) is 1. The van der Waals surface area contributed by atoms with Gasteiger partial charge < -0.3 is 15.4 Å². The summed E-state index contributed by atoms with van der Waals surface area (Å²) in [6.45, 7) is 10.4. The predicted octanol–water partition coefficient (Wildman–Crippen LogP) is 2.36. The van der Waals surface area contributed by atoms with Crippen molar-refractivity contribution in [1.82, 2.24) is 15.5 Å². The number of morpholine rings is 1. The highest BCUT2D eigenvalue weighted by atomic mass is 127. The van der Waals surface area contributed by atoms with Crippen molar-refractivity contribution in [2.45, 2.75) is 63.5 Å². The molecule has 1 saturated carbocycles. The Morgan fingerprint density at radius 3 is 2.65 bits per heavy atom. The van der Waals surface area contributed by atoms with Crippen molar-refractivity contribution >= 4 is 29.9 Å². The third-order valence-electron chi connectivity index (χ3n) is 5.36. The summed E-state index contributed by atoms with van der Waals surface area (Å²) >= 11 is 0. The first-order chi connectivity index (χ1) is 10.6. The molecule has 2 aliphatic heterocycles. The lowest BCUT2D eigenvalue weighted by atomic mass is 9.79. The van der Waals surface area contributed by atoms with Crippen molar-refractivity contribution in [2.75, 3.05) is 39.3 Å². The Hall–Kier alpha value is -0.0800. The van der Waals surface area contributed by atoms with E-state index in [2.05, 4.69) is 34.4 Å². The van der Waals surface area contributed by atoms with Gasteiger partial charge in [-0.15, -0.1) is 24.0 Å². The zero-order chi connectivity index (χ0) is 15.5. The van der Waals surface area contributed by atoms with Crippen molar-refractivity contribution in [1.29, 1.82) is 0 Å². The van der Waals surface area contributed by atoms with E-state index in [1.165, 1.54) is 32.1 Å². The van der Waals surface area contributed by atoms with Crippen molar-refractivity contribution in [3.63, 3.8) is 0 Å². The molecule has 2 N–H and O–H groups in total. The van der Waals surface area contributed by atoms with Crippen molar-refractivity contribution in [2.24, 2.45) is 4.99 Å². The number of aliphatic imine (C=N–C) groups is 1. The van der Waals surface area contributed by atoms with Gasteiger partial charge in [0.2, 0.25) is 0 Å². The summed E-state index contributed by atoms with van der Waals surface area (Å²) in [5.41, 5.74) is 0.254. The average molecular weight is 436 g/mol. The van der Waals surface area contributed by atoms with Crippen molar-refractivity contribution < 1.29 is 4.74 Å². The van der Waals surface area contributed by atoms with Crippen LogP contribution in [-0.4, -0.2) is 61.3 Å². The number of guanidine groups is 1. The van der Waals surface area contributed by atoms with Crippen LogP contribution >= 0.6 is 24.0 Å². The fourth-order valence-corrected chi connectivity index (χ4v) is 4.14. The van der Waals surface area contributed by atoms with E-state index < -0.39 is 0 Å². The molecule has 2 heterocycles. The molecule has 1 aliphatic carbocycles. The van der Waals surface area contributed by atoms with Gasteiger partial charge in [-0.1, -0.05) is 19.3 Å². The second-order valence-electron chi connectivity index (χ2n) is 7.68. The summed E-state index contributed by atoms with van der Waals surface area (Å²) in [7, 11) is 0. The molecule has 2 fully saturated rings. The van der Waals surface area contributed by atoms with Crippen LogP contribution in [0.3, 0.4) is 0 Å². The maximum atomic E-state index is 5.93. The summed E-state index contributed by atoms with van der Waals surface area (Å²) in [5, 5.41) is 7.00. The van der Waals surface area contributed by atoms with Gasteiger partial charge in [0, 0.05) is 38.3 Å². The molecule has 3 aliphatic rings. The van der Waals surface area contributed by atoms with E-state index in [1.54, 1.807) is 0 Å². The third-order valence-corrected chi connectivity index (χ3v) is 5.36. The quantitative estimate of drug-likeness (QED) is 0.668. The molecule has 0 radical (unpaired) electrons. The molecule has 23 heavy (non-hydrogen) atoms. The van der Waals surface area contributed by atoms with Gasteiger partial charge in [-0.2, -0.15) is 0 Å². The number of nitrogens with one attached hydrogen (secondary N) is 2. The SMILES string of the molecule is CC1(C)CN(C2(CNC3=NCCCN3)CCCCC2)CCO1.I. The minimum Gasteiger partial charge on any atom is -0.373 e. The van der Waals surface area contributed by atoms with E-state index in [1.807, 2.05) is 0 Å². The van der Waals surface area contributed by atoms with Crippen LogP contribution in [0.1, 0.15) is 52.4 Å². The summed E-state index contributed by atoms with van der Waals surface area (Å²) in [6, 6.07) is 0. The Morgan fingerprint density at radius 1 is 1.22 bits per heavy atom. The van der Waals surface area contributed by atoms with E-state index in [-0.39, 0.29) is 35.1 Å². The van der Waals surface area contributed by atoms with E-state index in [9.17, 15) is 0 Å². The Labute approximate surface area is 158 Å². The third kappa shape index (κ3) is 4.95. The molecule has 0 aromatic carbocycles. The Kier molecular flexibility index (Phi) is 6.98. The predicted molar refractivity (Wildman–Crippen MR) is 106 cm³/mol. The van der Waals surface area contributed by atoms with Crippen LogP contribution in [0.4, 0.5) is 0 Å². The van der Waals surface area contributed by atoms with E-state index >= 15 is 0 Å². The first kappa shape index (κ1) is 19.2. The highest BCUT2D eigenvalue weighted by Crippen LogP contribution is 2.36. The summed E-state index contributed by atoms with van der Waals surface area (Å²) in [5.74, 6) is 1.00. The van der Waals surface area contributed by atoms with E-state index in [4.69, 9.17) is 4.74 Å². The maximum absolute atomic E-state index is 5.93. The highest BCUT2D eigenvalue weighted by molar-refractivity contribution is 14.0. The highest BCUT2D eigenvalue weighted by Gasteiger charge is 2.42. The zero-order valence-corrected chi connectivity index (χ0v) is 17.0. The fraction of sp³-hybridized carbons (Fsp3) is 0.941. The van der Waals surface area contributed by atoms with Crippen LogP contribution in [0.2, 0.25) is 0 Å². The Balaban J connectivity index is 0.00000192. The molecular formula is C17H33IN4O. The number of halogens is 1. The summed E-state index contributed by atoms with van der Waals surface area (Å²) in [6.07, 6.45) is 7.81. The number of rotatable bonds is 3. The molecule has 3 rings (SSSR count). The molecule has 0 aromatic heterocycles. The Bertz CT molecular complexity index is 407. The van der Waals surface area contributed by atoms with Crippen LogP contribution in [0, 0.1) is 0 Å². The molecule has 0 unspecified atom stereocenters. The van der Waals surface area contributed by atoms with E-state index in [0.29, 0.717) is 0 Å². The molecule has 0 aromatic rings. The van der Waals surface area contributed by atoms with Crippen LogP contribution < -0.4 is 10.6 Å². The van der Waals surface area contributed by atoms with Gasteiger partial charge in [0.25, 0.3) is 0 Å². The van der Waals surface area contributed by atoms with Crippen molar-refractivity contribution in [3.05, 3.63) is 0 Å². The molecule has 0 bridgehead atoms. The standard InChI is InChI=1S/C17H32N4O.HI/c1-16(2)14-21(11-12-22-16)17(7-4-3-5-8-17)13-20-15-18-9-6-10-19-15;/h3-14H2,1-2H3,(H2,18,19,20);1H. The zero-order valence-electron chi connectivity index (χ0n) is 14.7. The molecule has 1 saturated heterocycles. The number of hydrogen-bond donors (Lipinski definition) is 2. The normalized spacial score (nSPS) is 27.3. The van der Waals surface area contributed by atoms with Crippen LogP contribution in [0.5, 0.6) is 0 Å². The smallest absolute Gasteiger partial charge is 0.191 e. The molecule has 6 heteroatoms. The Morgan fingerprint density at radius 2 is 2.00 bits per heavy atom. The summed E-state index contributed by atoms with van der Waals surface area (Å²) < 4.78 is 5.93. The van der Waals surface area contributed by atoms with Crippen molar-refractivity contribution in [3.8, 4) is 0 Å². The number of hydrogen-bond acceptors (Lipinski definition) is 5. The van der Waals surface area contributed by atoms with Crippen LogP contribution in [-0.2, 0) is 4.74 Å². The van der Waals surface area contributed by atoms with Gasteiger partial charge >= 0.3 is 0 Å². The molecule has 0 amide bonds. The molecule has 134 valence electrons. The van der Waals surface area contributed by atoms with E-state index in [0.717, 1.165) is 51.7 Å². The lowest BCUT2D eigenvalue weighted by molar-refractivity contribution is -0.122.